The van der Waals surface area contributed by atoms with Gasteiger partial charge in [0.05, 0.1) is 0 Å². The van der Waals surface area contributed by atoms with Crippen molar-refractivity contribution in [1.82, 2.24) is 10.3 Å². The maximum absolute atomic E-state index is 6.19. The van der Waals surface area contributed by atoms with Crippen molar-refractivity contribution in [2.75, 3.05) is 24.5 Å². The molecule has 0 bridgehead atoms. The fraction of sp³-hybridized carbons (Fsp3) is 0.533. The average Bonchev–Trinajstić information content (AvgIpc) is 2.81. The van der Waals surface area contributed by atoms with E-state index in [9.17, 15) is 0 Å². The van der Waals surface area contributed by atoms with E-state index in [1.165, 1.54) is 0 Å². The minimum Gasteiger partial charge on any atom is -0.423 e. The Hall–Kier alpha value is -1.26. The van der Waals surface area contributed by atoms with E-state index in [4.69, 9.17) is 16.0 Å². The lowest BCUT2D eigenvalue weighted by molar-refractivity contribution is 0.455. The first-order valence-electron chi connectivity index (χ1n) is 7.13. The van der Waals surface area contributed by atoms with Crippen LogP contribution < -0.4 is 10.2 Å². The molecule has 108 valence electrons. The number of hydrogen-bond donors (Lipinski definition) is 1. The van der Waals surface area contributed by atoms with Gasteiger partial charge in [-0.25, -0.2) is 0 Å². The summed E-state index contributed by atoms with van der Waals surface area (Å²) in [7, 11) is 0. The zero-order valence-corrected chi connectivity index (χ0v) is 12.9. The van der Waals surface area contributed by atoms with Crippen LogP contribution in [-0.4, -0.2) is 30.7 Å². The molecule has 5 heteroatoms. The Morgan fingerprint density at radius 3 is 2.95 bits per heavy atom. The predicted octanol–water partition coefficient (Wildman–Crippen LogP) is 3.40. The number of oxazole rings is 1. The lowest BCUT2D eigenvalue weighted by Gasteiger charge is -2.32. The summed E-state index contributed by atoms with van der Waals surface area (Å²) in [5.41, 5.74) is 2.83. The highest BCUT2D eigenvalue weighted by Crippen LogP contribution is 2.32. The number of piperazine rings is 1. The molecule has 2 aromatic rings. The molecule has 1 aliphatic rings. The van der Waals surface area contributed by atoms with Crippen LogP contribution in [0, 0.1) is 0 Å². The average molecular weight is 294 g/mol. The van der Waals surface area contributed by atoms with Crippen LogP contribution in [-0.2, 0) is 0 Å². The van der Waals surface area contributed by atoms with Gasteiger partial charge in [0.15, 0.2) is 5.58 Å². The summed E-state index contributed by atoms with van der Waals surface area (Å²) in [5, 5.41) is 4.09. The highest BCUT2D eigenvalue weighted by atomic mass is 35.5. The molecule has 1 atom stereocenters. The van der Waals surface area contributed by atoms with E-state index in [2.05, 4.69) is 36.0 Å². The Balaban J connectivity index is 2.08. The maximum atomic E-state index is 6.19. The van der Waals surface area contributed by atoms with Gasteiger partial charge < -0.3 is 14.6 Å². The molecule has 0 radical (unpaired) electrons. The second-order valence-corrected chi connectivity index (χ2v) is 6.18. The predicted molar refractivity (Wildman–Crippen MR) is 82.8 cm³/mol. The molecule has 1 fully saturated rings. The molecule has 4 nitrogen and oxygen atoms in total. The van der Waals surface area contributed by atoms with Crippen molar-refractivity contribution in [3.05, 3.63) is 22.7 Å². The molecule has 1 N–H and O–H groups in total. The van der Waals surface area contributed by atoms with E-state index in [0.29, 0.717) is 18.0 Å². The van der Waals surface area contributed by atoms with Gasteiger partial charge in [-0.1, -0.05) is 25.4 Å². The van der Waals surface area contributed by atoms with Crippen LogP contribution in [0.3, 0.4) is 0 Å². The number of rotatable bonds is 2. The normalized spacial score (nSPS) is 20.1. The molecule has 1 aliphatic heterocycles. The molecule has 1 saturated heterocycles. The van der Waals surface area contributed by atoms with Crippen molar-refractivity contribution in [2.24, 2.45) is 0 Å². The third kappa shape index (κ3) is 2.38. The van der Waals surface area contributed by atoms with Crippen LogP contribution in [0.1, 0.15) is 32.3 Å². The summed E-state index contributed by atoms with van der Waals surface area (Å²) in [6.45, 7) is 9.29. The van der Waals surface area contributed by atoms with Gasteiger partial charge in [0.25, 0.3) is 6.01 Å². The Labute approximate surface area is 124 Å². The Bertz CT molecular complexity index is 623. The molecule has 20 heavy (non-hydrogen) atoms. The summed E-state index contributed by atoms with van der Waals surface area (Å²) in [4.78, 5) is 6.85. The molecule has 0 aliphatic carbocycles. The first-order chi connectivity index (χ1) is 9.56. The quantitative estimate of drug-likeness (QED) is 0.921. The van der Waals surface area contributed by atoms with Crippen molar-refractivity contribution in [2.45, 2.75) is 32.7 Å². The first-order valence-corrected chi connectivity index (χ1v) is 7.51. The van der Waals surface area contributed by atoms with Crippen molar-refractivity contribution in [3.63, 3.8) is 0 Å². The van der Waals surface area contributed by atoms with E-state index in [0.717, 1.165) is 41.3 Å². The van der Waals surface area contributed by atoms with Crippen molar-refractivity contribution < 1.29 is 4.42 Å². The molecule has 0 spiro atoms. The number of nitrogens with zero attached hydrogens (tertiary/aromatic N) is 2. The SMILES string of the molecule is CC(C)c1cc(Cl)cc2nc(N3CCNC[C@@H]3C)oc12. The lowest BCUT2D eigenvalue weighted by atomic mass is 10.0. The Morgan fingerprint density at radius 1 is 1.45 bits per heavy atom. The van der Waals surface area contributed by atoms with Crippen molar-refractivity contribution >= 4 is 28.7 Å². The van der Waals surface area contributed by atoms with Gasteiger partial charge >= 0.3 is 0 Å². The molecule has 1 aromatic carbocycles. The van der Waals surface area contributed by atoms with Gasteiger partial charge in [0.2, 0.25) is 0 Å². The number of anilines is 1. The van der Waals surface area contributed by atoms with Crippen LogP contribution in [0.25, 0.3) is 11.1 Å². The van der Waals surface area contributed by atoms with Crippen LogP contribution >= 0.6 is 11.6 Å². The molecule has 3 rings (SSSR count). The van der Waals surface area contributed by atoms with E-state index >= 15 is 0 Å². The summed E-state index contributed by atoms with van der Waals surface area (Å²) in [6, 6.07) is 4.95. The zero-order valence-electron chi connectivity index (χ0n) is 12.1. The van der Waals surface area contributed by atoms with Gasteiger partial charge in [-0.2, -0.15) is 4.98 Å². The van der Waals surface area contributed by atoms with Gasteiger partial charge in [0.1, 0.15) is 5.52 Å². The molecule has 1 aromatic heterocycles. The second kappa shape index (κ2) is 5.26. The number of benzene rings is 1. The van der Waals surface area contributed by atoms with Gasteiger partial charge in [-0.05, 0) is 25.0 Å². The monoisotopic (exact) mass is 293 g/mol. The summed E-state index contributed by atoms with van der Waals surface area (Å²) < 4.78 is 6.05. The van der Waals surface area contributed by atoms with Crippen molar-refractivity contribution in [3.8, 4) is 0 Å². The van der Waals surface area contributed by atoms with E-state index in [-0.39, 0.29) is 0 Å². The fourth-order valence-electron chi connectivity index (χ4n) is 2.69. The molecule has 2 heterocycles. The van der Waals surface area contributed by atoms with E-state index in [1.807, 2.05) is 12.1 Å². The maximum Gasteiger partial charge on any atom is 0.298 e. The largest absolute Gasteiger partial charge is 0.423 e. The van der Waals surface area contributed by atoms with Crippen LogP contribution in [0.2, 0.25) is 5.02 Å². The van der Waals surface area contributed by atoms with Crippen LogP contribution in [0.15, 0.2) is 16.5 Å². The third-order valence-corrected chi connectivity index (χ3v) is 4.06. The van der Waals surface area contributed by atoms with Crippen LogP contribution in [0.5, 0.6) is 0 Å². The summed E-state index contributed by atoms with van der Waals surface area (Å²) >= 11 is 6.19. The van der Waals surface area contributed by atoms with Crippen LogP contribution in [0.4, 0.5) is 6.01 Å². The first kappa shape index (κ1) is 13.7. The molecular formula is C15H20ClN3O. The number of nitrogens with one attached hydrogen (secondary N) is 1. The highest BCUT2D eigenvalue weighted by Gasteiger charge is 2.24. The smallest absolute Gasteiger partial charge is 0.298 e. The number of aromatic nitrogens is 1. The standard InChI is InChI=1S/C15H20ClN3O/c1-9(2)12-6-11(16)7-13-14(12)20-15(18-13)19-5-4-17-8-10(19)3/h6-7,9-10,17H,4-5,8H2,1-3H3/t10-/m0/s1. The van der Waals surface area contributed by atoms with Crippen molar-refractivity contribution in [1.29, 1.82) is 0 Å². The minimum absolute atomic E-state index is 0.359. The third-order valence-electron chi connectivity index (χ3n) is 3.84. The van der Waals surface area contributed by atoms with Gasteiger partial charge in [0, 0.05) is 36.3 Å². The lowest BCUT2D eigenvalue weighted by Crippen LogP contribution is -2.50. The van der Waals surface area contributed by atoms with Gasteiger partial charge in [-0.15, -0.1) is 0 Å². The fourth-order valence-corrected chi connectivity index (χ4v) is 2.91. The minimum atomic E-state index is 0.359. The molecule has 0 amide bonds. The highest BCUT2D eigenvalue weighted by molar-refractivity contribution is 6.31. The van der Waals surface area contributed by atoms with E-state index in [1.54, 1.807) is 0 Å². The zero-order chi connectivity index (χ0) is 14.3. The topological polar surface area (TPSA) is 41.3 Å². The Morgan fingerprint density at radius 2 is 2.25 bits per heavy atom. The number of fused-ring (bicyclic) bond motifs is 1. The van der Waals surface area contributed by atoms with E-state index < -0.39 is 0 Å². The molecular weight excluding hydrogens is 274 g/mol. The summed E-state index contributed by atoms with van der Waals surface area (Å²) in [6.07, 6.45) is 0. The second-order valence-electron chi connectivity index (χ2n) is 5.74. The number of halogens is 1. The van der Waals surface area contributed by atoms with Gasteiger partial charge in [-0.3, -0.25) is 0 Å². The Kier molecular flexibility index (Phi) is 3.61. The molecule has 0 unspecified atom stereocenters. The molecule has 0 saturated carbocycles. The number of hydrogen-bond acceptors (Lipinski definition) is 4. The summed E-state index contributed by atoms with van der Waals surface area (Å²) in [5.74, 6) is 0.359.